The van der Waals surface area contributed by atoms with Gasteiger partial charge < -0.3 is 15.2 Å². The molecule has 1 saturated carbocycles. The SMILES string of the molecule is CC(C)(C)OC(=O)NC1(CC(=O)O)CCC(F)(F)CC1. The third-order valence-electron chi connectivity index (χ3n) is 3.19. The second-order valence-corrected chi connectivity index (χ2v) is 6.33. The molecule has 0 atom stereocenters. The van der Waals surface area contributed by atoms with Gasteiger partial charge in [0.2, 0.25) is 5.92 Å². The maximum atomic E-state index is 13.2. The summed E-state index contributed by atoms with van der Waals surface area (Å²) in [4.78, 5) is 22.7. The number of halogens is 2. The van der Waals surface area contributed by atoms with Crippen LogP contribution in [0.2, 0.25) is 0 Å². The van der Waals surface area contributed by atoms with Gasteiger partial charge in [0.1, 0.15) is 5.60 Å². The first kappa shape index (κ1) is 16.7. The van der Waals surface area contributed by atoms with Crippen molar-refractivity contribution in [3.63, 3.8) is 0 Å². The van der Waals surface area contributed by atoms with Crippen molar-refractivity contribution in [2.24, 2.45) is 0 Å². The van der Waals surface area contributed by atoms with Crippen molar-refractivity contribution < 1.29 is 28.2 Å². The number of carbonyl (C=O) groups excluding carboxylic acids is 1. The fraction of sp³-hybridized carbons (Fsp3) is 0.846. The van der Waals surface area contributed by atoms with Crippen LogP contribution in [-0.2, 0) is 9.53 Å². The number of rotatable bonds is 3. The lowest BCUT2D eigenvalue weighted by Gasteiger charge is -2.40. The van der Waals surface area contributed by atoms with E-state index in [2.05, 4.69) is 5.32 Å². The molecule has 0 spiro atoms. The molecule has 0 saturated heterocycles. The summed E-state index contributed by atoms with van der Waals surface area (Å²) < 4.78 is 31.5. The average Bonchev–Trinajstić information content (AvgIpc) is 2.19. The van der Waals surface area contributed by atoms with Crippen LogP contribution in [0.3, 0.4) is 0 Å². The monoisotopic (exact) mass is 293 g/mol. The van der Waals surface area contributed by atoms with E-state index >= 15 is 0 Å². The normalized spacial score (nSPS) is 21.1. The minimum atomic E-state index is -2.79. The van der Waals surface area contributed by atoms with Gasteiger partial charge in [-0.2, -0.15) is 0 Å². The van der Waals surface area contributed by atoms with Crippen molar-refractivity contribution in [1.29, 1.82) is 0 Å². The number of amides is 1. The van der Waals surface area contributed by atoms with Gasteiger partial charge in [-0.1, -0.05) is 0 Å². The molecule has 20 heavy (non-hydrogen) atoms. The fourth-order valence-corrected chi connectivity index (χ4v) is 2.25. The van der Waals surface area contributed by atoms with Gasteiger partial charge in [-0.3, -0.25) is 4.79 Å². The Morgan fingerprint density at radius 2 is 1.70 bits per heavy atom. The van der Waals surface area contributed by atoms with Gasteiger partial charge in [0.25, 0.3) is 0 Å². The highest BCUT2D eigenvalue weighted by atomic mass is 19.3. The molecular weight excluding hydrogens is 272 g/mol. The van der Waals surface area contributed by atoms with E-state index in [0.29, 0.717) is 0 Å². The van der Waals surface area contributed by atoms with Gasteiger partial charge in [-0.25, -0.2) is 13.6 Å². The second kappa shape index (κ2) is 5.54. The van der Waals surface area contributed by atoms with Crippen molar-refractivity contribution in [1.82, 2.24) is 5.32 Å². The van der Waals surface area contributed by atoms with Crippen molar-refractivity contribution in [3.05, 3.63) is 0 Å². The molecule has 0 unspecified atom stereocenters. The van der Waals surface area contributed by atoms with Gasteiger partial charge >= 0.3 is 12.1 Å². The van der Waals surface area contributed by atoms with Gasteiger partial charge in [0.15, 0.2) is 0 Å². The molecule has 7 heteroatoms. The lowest BCUT2D eigenvalue weighted by molar-refractivity contribution is -0.140. The number of ether oxygens (including phenoxy) is 1. The lowest BCUT2D eigenvalue weighted by Crippen LogP contribution is -2.54. The molecule has 1 fully saturated rings. The van der Waals surface area contributed by atoms with Crippen LogP contribution in [0.4, 0.5) is 13.6 Å². The Labute approximate surface area is 116 Å². The summed E-state index contributed by atoms with van der Waals surface area (Å²) in [5.74, 6) is -3.93. The number of carboxylic acid groups (broad SMARTS) is 1. The first-order valence-corrected chi connectivity index (χ1v) is 6.54. The van der Waals surface area contributed by atoms with Gasteiger partial charge in [0.05, 0.1) is 12.0 Å². The van der Waals surface area contributed by atoms with Crippen molar-refractivity contribution in [3.8, 4) is 0 Å². The third-order valence-corrected chi connectivity index (χ3v) is 3.19. The van der Waals surface area contributed by atoms with E-state index in [9.17, 15) is 18.4 Å². The largest absolute Gasteiger partial charge is 0.481 e. The van der Waals surface area contributed by atoms with E-state index in [0.717, 1.165) is 0 Å². The summed E-state index contributed by atoms with van der Waals surface area (Å²) in [5, 5.41) is 11.4. The van der Waals surface area contributed by atoms with E-state index < -0.39 is 42.0 Å². The van der Waals surface area contributed by atoms with Crippen LogP contribution >= 0.6 is 0 Å². The zero-order chi connectivity index (χ0) is 15.6. The number of alkyl carbamates (subject to hydrolysis) is 1. The van der Waals surface area contributed by atoms with Crippen molar-refractivity contribution in [2.45, 2.75) is 69.9 Å². The number of carboxylic acids is 1. The Kier molecular flexibility index (Phi) is 4.61. The topological polar surface area (TPSA) is 75.6 Å². The molecule has 0 aromatic carbocycles. The Hall–Kier alpha value is -1.40. The van der Waals surface area contributed by atoms with Crippen LogP contribution in [0.5, 0.6) is 0 Å². The smallest absolute Gasteiger partial charge is 0.408 e. The minimum absolute atomic E-state index is 0.0778. The molecule has 0 heterocycles. The molecule has 116 valence electrons. The lowest BCUT2D eigenvalue weighted by atomic mass is 9.77. The predicted molar refractivity (Wildman–Crippen MR) is 67.8 cm³/mol. The molecule has 2 N–H and O–H groups in total. The summed E-state index contributed by atoms with van der Waals surface area (Å²) in [5.41, 5.74) is -1.89. The summed E-state index contributed by atoms with van der Waals surface area (Å²) in [7, 11) is 0. The van der Waals surface area contributed by atoms with E-state index in [-0.39, 0.29) is 19.3 Å². The predicted octanol–water partition coefficient (Wildman–Crippen LogP) is 2.93. The van der Waals surface area contributed by atoms with E-state index in [1.54, 1.807) is 20.8 Å². The summed E-state index contributed by atoms with van der Waals surface area (Å²) in [6, 6.07) is 0. The second-order valence-electron chi connectivity index (χ2n) is 6.33. The molecule has 5 nitrogen and oxygen atoms in total. The molecule has 1 amide bonds. The van der Waals surface area contributed by atoms with E-state index in [1.807, 2.05) is 0 Å². The average molecular weight is 293 g/mol. The quantitative estimate of drug-likeness (QED) is 0.839. The number of alkyl halides is 2. The molecular formula is C13H21F2NO4. The number of nitrogens with one attached hydrogen (secondary N) is 1. The van der Waals surface area contributed by atoms with Gasteiger partial charge in [-0.05, 0) is 33.6 Å². The third kappa shape index (κ3) is 5.30. The number of carbonyl (C=O) groups is 2. The van der Waals surface area contributed by atoms with Crippen molar-refractivity contribution >= 4 is 12.1 Å². The van der Waals surface area contributed by atoms with Crippen LogP contribution in [-0.4, -0.2) is 34.2 Å². The van der Waals surface area contributed by atoms with Gasteiger partial charge in [-0.15, -0.1) is 0 Å². The molecule has 0 aliphatic heterocycles. The molecule has 0 bridgehead atoms. The van der Waals surface area contributed by atoms with Crippen LogP contribution < -0.4 is 5.32 Å². The van der Waals surface area contributed by atoms with Crippen LogP contribution in [0.1, 0.15) is 52.9 Å². The summed E-state index contributed by atoms with van der Waals surface area (Å²) in [6.45, 7) is 5.02. The molecule has 0 aromatic rings. The van der Waals surface area contributed by atoms with Crippen molar-refractivity contribution in [2.75, 3.05) is 0 Å². The maximum Gasteiger partial charge on any atom is 0.408 e. The Bertz CT molecular complexity index is 380. The molecule has 1 aliphatic rings. The number of hydrogen-bond donors (Lipinski definition) is 2. The van der Waals surface area contributed by atoms with Crippen LogP contribution in [0.15, 0.2) is 0 Å². The Morgan fingerprint density at radius 1 is 1.20 bits per heavy atom. The standard InChI is InChI=1S/C13H21F2NO4/c1-11(2,3)20-10(19)16-12(8-9(17)18)4-6-13(14,15)7-5-12/h4-8H2,1-3H3,(H,16,19)(H,17,18). The number of aliphatic carboxylic acids is 1. The molecule has 1 rings (SSSR count). The fourth-order valence-electron chi connectivity index (χ4n) is 2.25. The Morgan fingerprint density at radius 3 is 2.10 bits per heavy atom. The minimum Gasteiger partial charge on any atom is -0.481 e. The zero-order valence-corrected chi connectivity index (χ0v) is 12.0. The highest BCUT2D eigenvalue weighted by molar-refractivity contribution is 5.73. The molecule has 0 aromatic heterocycles. The van der Waals surface area contributed by atoms with E-state index in [4.69, 9.17) is 9.84 Å². The molecule has 1 aliphatic carbocycles. The highest BCUT2D eigenvalue weighted by Gasteiger charge is 2.45. The van der Waals surface area contributed by atoms with Gasteiger partial charge in [0, 0.05) is 12.8 Å². The highest BCUT2D eigenvalue weighted by Crippen LogP contribution is 2.40. The first-order valence-electron chi connectivity index (χ1n) is 6.54. The summed E-state index contributed by atoms with van der Waals surface area (Å²) in [6.07, 6.45) is -2.19. The molecule has 0 radical (unpaired) electrons. The Balaban J connectivity index is 2.75. The first-order chi connectivity index (χ1) is 8.93. The summed E-state index contributed by atoms with van der Waals surface area (Å²) >= 11 is 0. The van der Waals surface area contributed by atoms with Crippen LogP contribution in [0.25, 0.3) is 0 Å². The number of hydrogen-bond acceptors (Lipinski definition) is 3. The van der Waals surface area contributed by atoms with E-state index in [1.165, 1.54) is 0 Å². The maximum absolute atomic E-state index is 13.2. The zero-order valence-electron chi connectivity index (χ0n) is 12.0. The van der Waals surface area contributed by atoms with Crippen LogP contribution in [0, 0.1) is 0 Å².